The molecule has 0 bridgehead atoms. The van der Waals surface area contributed by atoms with Crippen molar-refractivity contribution in [1.29, 1.82) is 0 Å². The van der Waals surface area contributed by atoms with E-state index in [-0.39, 0.29) is 17.2 Å². The molecular formula is C21H19ClN2O4. The molecule has 0 aromatic heterocycles. The SMILES string of the molecule is COc1ccc2cc([C@H](C)C(=O)NNC(=O)c3cc(Cl)ccc3O)ccc2c1. The van der Waals surface area contributed by atoms with E-state index in [0.717, 1.165) is 22.1 Å². The number of rotatable bonds is 4. The Labute approximate surface area is 167 Å². The summed E-state index contributed by atoms with van der Waals surface area (Å²) in [6.45, 7) is 1.74. The molecule has 0 saturated carbocycles. The van der Waals surface area contributed by atoms with E-state index >= 15 is 0 Å². The van der Waals surface area contributed by atoms with E-state index in [1.54, 1.807) is 14.0 Å². The van der Waals surface area contributed by atoms with E-state index in [0.29, 0.717) is 5.02 Å². The highest BCUT2D eigenvalue weighted by Crippen LogP contribution is 2.25. The molecule has 0 aliphatic rings. The maximum atomic E-state index is 12.4. The minimum atomic E-state index is -0.661. The minimum Gasteiger partial charge on any atom is -0.507 e. The molecule has 2 amide bonds. The lowest BCUT2D eigenvalue weighted by Crippen LogP contribution is -2.43. The normalized spacial score (nSPS) is 11.7. The maximum absolute atomic E-state index is 12.4. The molecule has 3 aromatic carbocycles. The zero-order chi connectivity index (χ0) is 20.3. The second-order valence-electron chi connectivity index (χ2n) is 6.30. The van der Waals surface area contributed by atoms with Gasteiger partial charge >= 0.3 is 0 Å². The molecule has 0 aliphatic carbocycles. The van der Waals surface area contributed by atoms with E-state index in [9.17, 15) is 14.7 Å². The fraction of sp³-hybridized carbons (Fsp3) is 0.143. The largest absolute Gasteiger partial charge is 0.507 e. The Morgan fingerprint density at radius 1 is 1.00 bits per heavy atom. The summed E-state index contributed by atoms with van der Waals surface area (Å²) in [5.41, 5.74) is 5.45. The number of hydrogen-bond donors (Lipinski definition) is 3. The van der Waals surface area contributed by atoms with Gasteiger partial charge in [-0.25, -0.2) is 0 Å². The van der Waals surface area contributed by atoms with Gasteiger partial charge in [0.05, 0.1) is 18.6 Å². The number of halogens is 1. The number of hydrogen-bond acceptors (Lipinski definition) is 4. The number of phenolic OH excluding ortho intramolecular Hbond substituents is 1. The Morgan fingerprint density at radius 3 is 2.46 bits per heavy atom. The molecule has 0 saturated heterocycles. The molecule has 144 valence electrons. The third-order valence-electron chi connectivity index (χ3n) is 4.47. The Hall–Kier alpha value is -3.25. The highest BCUT2D eigenvalue weighted by atomic mass is 35.5. The van der Waals surface area contributed by atoms with E-state index in [1.807, 2.05) is 36.4 Å². The third-order valence-corrected chi connectivity index (χ3v) is 4.70. The minimum absolute atomic E-state index is 0.0277. The average molecular weight is 399 g/mol. The lowest BCUT2D eigenvalue weighted by atomic mass is 9.97. The van der Waals surface area contributed by atoms with Crippen molar-refractivity contribution in [2.75, 3.05) is 7.11 Å². The zero-order valence-electron chi connectivity index (χ0n) is 15.3. The number of phenols is 1. The molecule has 6 nitrogen and oxygen atoms in total. The molecular weight excluding hydrogens is 380 g/mol. The molecule has 7 heteroatoms. The molecule has 3 rings (SSSR count). The molecule has 0 heterocycles. The predicted octanol–water partition coefficient (Wildman–Crippen LogP) is 3.77. The standard InChI is InChI=1S/C21H19ClN2O4/c1-12(13-3-4-15-10-17(28-2)7-5-14(15)9-13)20(26)23-24-21(27)18-11-16(22)6-8-19(18)25/h3-12,25H,1-2H3,(H,23,26)(H,24,27)/t12-/m0/s1. The van der Waals surface area contributed by atoms with Crippen LogP contribution >= 0.6 is 11.6 Å². The van der Waals surface area contributed by atoms with Gasteiger partial charge < -0.3 is 9.84 Å². The molecule has 0 aliphatic heterocycles. The van der Waals surface area contributed by atoms with Gasteiger partial charge in [0.25, 0.3) is 5.91 Å². The second-order valence-corrected chi connectivity index (χ2v) is 6.74. The number of nitrogens with one attached hydrogen (secondary N) is 2. The van der Waals surface area contributed by atoms with Gasteiger partial charge in [-0.15, -0.1) is 0 Å². The second kappa shape index (κ2) is 8.19. The van der Waals surface area contributed by atoms with Crippen molar-refractivity contribution in [2.45, 2.75) is 12.8 Å². The van der Waals surface area contributed by atoms with Crippen molar-refractivity contribution in [3.05, 3.63) is 70.7 Å². The fourth-order valence-electron chi connectivity index (χ4n) is 2.77. The van der Waals surface area contributed by atoms with Crippen LogP contribution in [0.4, 0.5) is 0 Å². The Bertz CT molecular complexity index is 1050. The van der Waals surface area contributed by atoms with Crippen LogP contribution in [-0.2, 0) is 4.79 Å². The van der Waals surface area contributed by atoms with Crippen LogP contribution in [0.15, 0.2) is 54.6 Å². The highest BCUT2D eigenvalue weighted by molar-refractivity contribution is 6.31. The molecule has 0 unspecified atom stereocenters. The van der Waals surface area contributed by atoms with Crippen LogP contribution < -0.4 is 15.6 Å². The number of fused-ring (bicyclic) bond motifs is 1. The van der Waals surface area contributed by atoms with Gasteiger partial charge in [0, 0.05) is 5.02 Å². The van der Waals surface area contributed by atoms with Crippen molar-refractivity contribution < 1.29 is 19.4 Å². The first-order chi connectivity index (χ1) is 13.4. The van der Waals surface area contributed by atoms with Crippen LogP contribution in [0.1, 0.15) is 28.8 Å². The van der Waals surface area contributed by atoms with Gasteiger partial charge in [-0.2, -0.15) is 0 Å². The van der Waals surface area contributed by atoms with Gasteiger partial charge in [0.2, 0.25) is 5.91 Å². The number of methoxy groups -OCH3 is 1. The van der Waals surface area contributed by atoms with Crippen LogP contribution in [0.2, 0.25) is 5.02 Å². The topological polar surface area (TPSA) is 87.7 Å². The monoisotopic (exact) mass is 398 g/mol. The first kappa shape index (κ1) is 19.5. The first-order valence-corrected chi connectivity index (χ1v) is 8.93. The van der Waals surface area contributed by atoms with Crippen LogP contribution in [0.3, 0.4) is 0 Å². The van der Waals surface area contributed by atoms with E-state index in [1.165, 1.54) is 18.2 Å². The number of amides is 2. The molecule has 28 heavy (non-hydrogen) atoms. The number of carbonyl (C=O) groups excluding carboxylic acids is 2. The van der Waals surface area contributed by atoms with Gasteiger partial charge in [-0.3, -0.25) is 20.4 Å². The summed E-state index contributed by atoms with van der Waals surface area (Å²) in [6.07, 6.45) is 0. The summed E-state index contributed by atoms with van der Waals surface area (Å²) in [6, 6.07) is 15.5. The zero-order valence-corrected chi connectivity index (χ0v) is 16.1. The summed E-state index contributed by atoms with van der Waals surface area (Å²) in [4.78, 5) is 24.6. The summed E-state index contributed by atoms with van der Waals surface area (Å²) >= 11 is 5.83. The Balaban J connectivity index is 1.69. The fourth-order valence-corrected chi connectivity index (χ4v) is 2.95. The van der Waals surface area contributed by atoms with Gasteiger partial charge in [0.1, 0.15) is 11.5 Å². The quantitative estimate of drug-likeness (QED) is 0.584. The summed E-state index contributed by atoms with van der Waals surface area (Å²) < 4.78 is 5.21. The lowest BCUT2D eigenvalue weighted by molar-refractivity contribution is -0.123. The third kappa shape index (κ3) is 4.18. The van der Waals surface area contributed by atoms with Crippen LogP contribution in [0, 0.1) is 0 Å². The molecule has 0 radical (unpaired) electrons. The predicted molar refractivity (Wildman–Crippen MR) is 108 cm³/mol. The number of aromatic hydroxyl groups is 1. The maximum Gasteiger partial charge on any atom is 0.273 e. The highest BCUT2D eigenvalue weighted by Gasteiger charge is 2.18. The van der Waals surface area contributed by atoms with E-state index in [4.69, 9.17) is 16.3 Å². The smallest absolute Gasteiger partial charge is 0.273 e. The van der Waals surface area contributed by atoms with Crippen molar-refractivity contribution >= 4 is 34.2 Å². The van der Waals surface area contributed by atoms with Crippen LogP contribution in [0.5, 0.6) is 11.5 Å². The van der Waals surface area contributed by atoms with Gasteiger partial charge in [-0.1, -0.05) is 35.9 Å². The first-order valence-electron chi connectivity index (χ1n) is 8.55. The van der Waals surface area contributed by atoms with Gasteiger partial charge in [-0.05, 0) is 53.6 Å². The van der Waals surface area contributed by atoms with Crippen LogP contribution in [-0.4, -0.2) is 24.0 Å². The molecule has 0 spiro atoms. The number of benzene rings is 3. The summed E-state index contributed by atoms with van der Waals surface area (Å²) in [7, 11) is 1.61. The van der Waals surface area contributed by atoms with Crippen molar-refractivity contribution in [2.24, 2.45) is 0 Å². The molecule has 3 N–H and O–H groups in total. The number of ether oxygens (including phenoxy) is 1. The van der Waals surface area contributed by atoms with E-state index in [2.05, 4.69) is 10.9 Å². The molecule has 3 aromatic rings. The number of hydrazine groups is 1. The lowest BCUT2D eigenvalue weighted by Gasteiger charge is -2.14. The molecule has 1 atom stereocenters. The van der Waals surface area contributed by atoms with Gasteiger partial charge in [0.15, 0.2) is 0 Å². The summed E-state index contributed by atoms with van der Waals surface area (Å²) in [5.74, 6) is -1.01. The van der Waals surface area contributed by atoms with Crippen molar-refractivity contribution in [1.82, 2.24) is 10.9 Å². The summed E-state index contributed by atoms with van der Waals surface area (Å²) in [5, 5.41) is 12.0. The van der Waals surface area contributed by atoms with E-state index < -0.39 is 11.8 Å². The average Bonchev–Trinajstić information content (AvgIpc) is 2.72. The van der Waals surface area contributed by atoms with Crippen molar-refractivity contribution in [3.8, 4) is 11.5 Å². The Morgan fingerprint density at radius 2 is 1.71 bits per heavy atom. The van der Waals surface area contributed by atoms with Crippen LogP contribution in [0.25, 0.3) is 10.8 Å². The molecule has 0 fully saturated rings. The number of carbonyl (C=O) groups is 2. The Kier molecular flexibility index (Phi) is 5.70. The van der Waals surface area contributed by atoms with Crippen molar-refractivity contribution in [3.63, 3.8) is 0 Å².